The van der Waals surface area contributed by atoms with Crippen LogP contribution in [0, 0.1) is 23.1 Å². The number of hydrogen-bond donors (Lipinski definition) is 0. The second kappa shape index (κ2) is 7.38. The lowest BCUT2D eigenvalue weighted by Gasteiger charge is -2.31. The molecule has 1 saturated heterocycles. The number of fused-ring (bicyclic) bond motifs is 1. The zero-order valence-electron chi connectivity index (χ0n) is 14.5. The van der Waals surface area contributed by atoms with Crippen molar-refractivity contribution in [1.29, 1.82) is 5.26 Å². The third-order valence-corrected chi connectivity index (χ3v) is 4.72. The molecule has 1 fully saturated rings. The molecule has 2 unspecified atom stereocenters. The molecule has 1 aromatic carbocycles. The first kappa shape index (κ1) is 17.6. The van der Waals surface area contributed by atoms with E-state index in [9.17, 15) is 14.4 Å². The monoisotopic (exact) mass is 347 g/mol. The molecule has 0 aliphatic carbocycles. The number of ether oxygens (including phenoxy) is 2. The van der Waals surface area contributed by atoms with Crippen LogP contribution in [0.2, 0.25) is 0 Å². The Bertz CT molecular complexity index is 698. The number of morpholine rings is 1. The van der Waals surface area contributed by atoms with Gasteiger partial charge in [0.2, 0.25) is 0 Å². The smallest absolute Gasteiger partial charge is 0.258 e. The van der Waals surface area contributed by atoms with E-state index in [0.717, 1.165) is 19.6 Å². The molecule has 25 heavy (non-hydrogen) atoms. The topological polar surface area (TPSA) is 65.8 Å². The van der Waals surface area contributed by atoms with E-state index in [1.54, 1.807) is 6.07 Å². The summed E-state index contributed by atoms with van der Waals surface area (Å²) in [4.78, 5) is 16.4. The van der Waals surface area contributed by atoms with Crippen molar-refractivity contribution in [2.24, 2.45) is 5.92 Å². The van der Waals surface area contributed by atoms with E-state index < -0.39 is 17.8 Å². The number of carbonyl (C=O) groups excluding carboxylic acids is 1. The number of nitrogens with zero attached hydrogens (tertiary/aromatic N) is 3. The average molecular weight is 347 g/mol. The van der Waals surface area contributed by atoms with Crippen LogP contribution in [-0.2, 0) is 4.74 Å². The van der Waals surface area contributed by atoms with Gasteiger partial charge >= 0.3 is 0 Å². The summed E-state index contributed by atoms with van der Waals surface area (Å²) in [6, 6.07) is 4.13. The third-order valence-electron chi connectivity index (χ3n) is 4.72. The maximum absolute atomic E-state index is 14.3. The van der Waals surface area contributed by atoms with Gasteiger partial charge in [0.25, 0.3) is 5.91 Å². The first-order valence-corrected chi connectivity index (χ1v) is 8.43. The Balaban J connectivity index is 1.76. The van der Waals surface area contributed by atoms with Gasteiger partial charge in [0.1, 0.15) is 17.6 Å². The van der Waals surface area contributed by atoms with Crippen molar-refractivity contribution in [3.63, 3.8) is 0 Å². The molecule has 0 aromatic heterocycles. The maximum Gasteiger partial charge on any atom is 0.258 e. The van der Waals surface area contributed by atoms with E-state index in [1.807, 2.05) is 6.92 Å². The van der Waals surface area contributed by atoms with Crippen molar-refractivity contribution in [1.82, 2.24) is 9.80 Å². The van der Waals surface area contributed by atoms with Gasteiger partial charge in [-0.1, -0.05) is 6.92 Å². The molecule has 0 spiro atoms. The summed E-state index contributed by atoms with van der Waals surface area (Å²) < 4.78 is 24.7. The average Bonchev–Trinajstić information content (AvgIpc) is 2.87. The molecular weight excluding hydrogens is 325 g/mol. The third kappa shape index (κ3) is 3.46. The summed E-state index contributed by atoms with van der Waals surface area (Å²) in [5, 5.41) is 9.56. The van der Waals surface area contributed by atoms with Crippen LogP contribution in [-0.4, -0.2) is 62.2 Å². The molecule has 134 valence electrons. The number of halogens is 1. The second-order valence-corrected chi connectivity index (χ2v) is 6.58. The Labute approximate surface area is 146 Å². The normalized spacial score (nSPS) is 21.8. The lowest BCUT2D eigenvalue weighted by molar-refractivity contribution is 0.0282. The number of carbonyl (C=O) groups is 1. The van der Waals surface area contributed by atoms with E-state index in [2.05, 4.69) is 11.0 Å². The van der Waals surface area contributed by atoms with Gasteiger partial charge in [-0.05, 0) is 12.0 Å². The standard InChI is InChI=1S/C18H22FN3O3/c1-12(10-21-3-5-25-6-4-21)11-22-16(9-20)14-7-13(24-2)8-15(19)17(14)18(22)23/h7-8,12,16H,3-6,10-11H2,1-2H3. The maximum atomic E-state index is 14.3. The Hall–Kier alpha value is -2.17. The van der Waals surface area contributed by atoms with E-state index in [-0.39, 0.29) is 11.5 Å². The van der Waals surface area contributed by atoms with Gasteiger partial charge in [0.05, 0.1) is 32.0 Å². The molecule has 0 N–H and O–H groups in total. The minimum absolute atomic E-state index is 0.00841. The van der Waals surface area contributed by atoms with Gasteiger partial charge < -0.3 is 14.4 Å². The fourth-order valence-electron chi connectivity index (χ4n) is 3.54. The summed E-state index contributed by atoms with van der Waals surface area (Å²) in [6.07, 6.45) is 0. The van der Waals surface area contributed by atoms with Gasteiger partial charge in [-0.15, -0.1) is 0 Å². The zero-order valence-corrected chi connectivity index (χ0v) is 14.5. The van der Waals surface area contributed by atoms with Crippen molar-refractivity contribution in [2.45, 2.75) is 13.0 Å². The van der Waals surface area contributed by atoms with E-state index in [4.69, 9.17) is 9.47 Å². The molecule has 2 aliphatic heterocycles. The molecule has 2 heterocycles. The molecule has 1 amide bonds. The van der Waals surface area contributed by atoms with Gasteiger partial charge in [0, 0.05) is 37.8 Å². The number of benzene rings is 1. The predicted molar refractivity (Wildman–Crippen MR) is 88.8 cm³/mol. The van der Waals surface area contributed by atoms with Crippen molar-refractivity contribution in [3.8, 4) is 11.8 Å². The summed E-state index contributed by atoms with van der Waals surface area (Å²) in [5.74, 6) is -0.580. The lowest BCUT2D eigenvalue weighted by Crippen LogP contribution is -2.42. The highest BCUT2D eigenvalue weighted by molar-refractivity contribution is 6.00. The number of amides is 1. The van der Waals surface area contributed by atoms with Crippen molar-refractivity contribution >= 4 is 5.91 Å². The summed E-state index contributed by atoms with van der Waals surface area (Å²) in [5.41, 5.74) is 0.383. The highest BCUT2D eigenvalue weighted by atomic mass is 19.1. The molecule has 1 aromatic rings. The van der Waals surface area contributed by atoms with Crippen LogP contribution in [0.3, 0.4) is 0 Å². The van der Waals surface area contributed by atoms with Crippen LogP contribution in [0.4, 0.5) is 4.39 Å². The Morgan fingerprint density at radius 1 is 1.40 bits per heavy atom. The van der Waals surface area contributed by atoms with E-state index in [0.29, 0.717) is 31.1 Å². The largest absolute Gasteiger partial charge is 0.497 e. The number of hydrogen-bond acceptors (Lipinski definition) is 5. The zero-order chi connectivity index (χ0) is 18.0. The molecule has 6 nitrogen and oxygen atoms in total. The molecule has 7 heteroatoms. The Morgan fingerprint density at radius 3 is 2.76 bits per heavy atom. The van der Waals surface area contributed by atoms with Gasteiger partial charge in [0.15, 0.2) is 0 Å². The highest BCUT2D eigenvalue weighted by Crippen LogP contribution is 2.37. The number of methoxy groups -OCH3 is 1. The predicted octanol–water partition coefficient (Wildman–Crippen LogP) is 1.82. The van der Waals surface area contributed by atoms with E-state index in [1.165, 1.54) is 18.1 Å². The minimum Gasteiger partial charge on any atom is -0.497 e. The van der Waals surface area contributed by atoms with Crippen molar-refractivity contribution < 1.29 is 18.7 Å². The van der Waals surface area contributed by atoms with Crippen molar-refractivity contribution in [3.05, 3.63) is 29.1 Å². The molecule has 3 rings (SSSR count). The number of rotatable bonds is 5. The first-order chi connectivity index (χ1) is 12.0. The van der Waals surface area contributed by atoms with Crippen molar-refractivity contribution in [2.75, 3.05) is 46.5 Å². The highest BCUT2D eigenvalue weighted by Gasteiger charge is 2.40. The molecule has 0 saturated carbocycles. The first-order valence-electron chi connectivity index (χ1n) is 8.43. The molecule has 0 bridgehead atoms. The summed E-state index contributed by atoms with van der Waals surface area (Å²) in [7, 11) is 1.43. The van der Waals surface area contributed by atoms with Gasteiger partial charge in [-0.3, -0.25) is 9.69 Å². The van der Waals surface area contributed by atoms with Crippen LogP contribution in [0.5, 0.6) is 5.75 Å². The fourth-order valence-corrected chi connectivity index (χ4v) is 3.54. The summed E-state index contributed by atoms with van der Waals surface area (Å²) >= 11 is 0. The van der Waals surface area contributed by atoms with Crippen LogP contribution in [0.15, 0.2) is 12.1 Å². The minimum atomic E-state index is -0.778. The SMILES string of the molecule is COc1cc(F)c2c(c1)C(C#N)N(CC(C)CN1CCOCC1)C2=O. The second-order valence-electron chi connectivity index (χ2n) is 6.58. The van der Waals surface area contributed by atoms with Crippen LogP contribution < -0.4 is 4.74 Å². The molecule has 0 radical (unpaired) electrons. The lowest BCUT2D eigenvalue weighted by atomic mass is 10.0. The van der Waals surface area contributed by atoms with E-state index >= 15 is 0 Å². The van der Waals surface area contributed by atoms with Crippen LogP contribution in [0.1, 0.15) is 28.9 Å². The van der Waals surface area contributed by atoms with Gasteiger partial charge in [-0.2, -0.15) is 5.26 Å². The van der Waals surface area contributed by atoms with Gasteiger partial charge in [-0.25, -0.2) is 4.39 Å². The fraction of sp³-hybridized carbons (Fsp3) is 0.556. The van der Waals surface area contributed by atoms with Crippen LogP contribution >= 0.6 is 0 Å². The quantitative estimate of drug-likeness (QED) is 0.813. The molecular formula is C18H22FN3O3. The van der Waals surface area contributed by atoms with Crippen LogP contribution in [0.25, 0.3) is 0 Å². The molecule has 2 atom stereocenters. The Morgan fingerprint density at radius 2 is 2.12 bits per heavy atom. The molecule has 2 aliphatic rings. The summed E-state index contributed by atoms with van der Waals surface area (Å²) in [6.45, 7) is 6.42. The number of nitriles is 1. The Kier molecular flexibility index (Phi) is 5.21.